The van der Waals surface area contributed by atoms with E-state index >= 15 is 0 Å². The van der Waals surface area contributed by atoms with Crippen LogP contribution in [0, 0.1) is 0 Å². The molecule has 0 saturated heterocycles. The quantitative estimate of drug-likeness (QED) is 0.400. The van der Waals surface area contributed by atoms with Crippen molar-refractivity contribution >= 4 is 23.6 Å². The van der Waals surface area contributed by atoms with E-state index in [1.807, 2.05) is 6.07 Å². The average molecular weight is 412 g/mol. The summed E-state index contributed by atoms with van der Waals surface area (Å²) in [6.45, 7) is 1.63. The van der Waals surface area contributed by atoms with Crippen LogP contribution in [-0.4, -0.2) is 45.5 Å². The van der Waals surface area contributed by atoms with Crippen LogP contribution in [-0.2, 0) is 14.3 Å². The summed E-state index contributed by atoms with van der Waals surface area (Å²) in [7, 11) is 5.62. The van der Waals surface area contributed by atoms with Crippen LogP contribution in [0.25, 0.3) is 11.6 Å². The Kier molecular flexibility index (Phi) is 7.63. The maximum absolute atomic E-state index is 12.6. The summed E-state index contributed by atoms with van der Waals surface area (Å²) in [4.78, 5) is 24.7. The Labute approximate surface area is 175 Å². The van der Waals surface area contributed by atoms with Gasteiger partial charge in [-0.15, -0.1) is 0 Å². The van der Waals surface area contributed by atoms with E-state index in [0.717, 1.165) is 0 Å². The van der Waals surface area contributed by atoms with Crippen LogP contribution < -0.4 is 14.2 Å². The lowest BCUT2D eigenvalue weighted by molar-refractivity contribution is -0.138. The van der Waals surface area contributed by atoms with Crippen LogP contribution in [0.5, 0.6) is 17.2 Å². The molecule has 30 heavy (non-hydrogen) atoms. The fourth-order valence-electron chi connectivity index (χ4n) is 2.97. The first-order chi connectivity index (χ1) is 14.4. The van der Waals surface area contributed by atoms with Gasteiger partial charge >= 0.3 is 11.9 Å². The van der Waals surface area contributed by atoms with E-state index in [2.05, 4.69) is 0 Å². The molecular weight excluding hydrogens is 388 g/mol. The lowest BCUT2D eigenvalue weighted by Gasteiger charge is -2.16. The molecule has 0 fully saturated rings. The molecule has 7 nitrogen and oxygen atoms in total. The standard InChI is InChI=1S/C23H24O7/c1-14(16-12-18(27-2)21(29-4)19(13-16)28-3)20(23(26)30-5)17(22(24)25)11-15-9-7-6-8-10-15/h6-13H,1-5H3,(H,24,25). The minimum absolute atomic E-state index is 0.0804. The van der Waals surface area contributed by atoms with Crippen LogP contribution in [0.1, 0.15) is 18.1 Å². The molecule has 0 bridgehead atoms. The Bertz CT molecular complexity index is 963. The number of hydrogen-bond acceptors (Lipinski definition) is 6. The van der Waals surface area contributed by atoms with Gasteiger partial charge in [-0.05, 0) is 41.8 Å². The number of ether oxygens (including phenoxy) is 4. The summed E-state index contributed by atoms with van der Waals surface area (Å²) in [6.07, 6.45) is 1.43. The molecule has 1 N–H and O–H groups in total. The number of carboxylic acid groups (broad SMARTS) is 1. The summed E-state index contributed by atoms with van der Waals surface area (Å²) in [6, 6.07) is 12.1. The zero-order valence-corrected chi connectivity index (χ0v) is 17.5. The van der Waals surface area contributed by atoms with E-state index in [1.54, 1.807) is 43.3 Å². The van der Waals surface area contributed by atoms with Crippen molar-refractivity contribution in [3.05, 3.63) is 64.7 Å². The first kappa shape index (κ1) is 22.5. The first-order valence-electron chi connectivity index (χ1n) is 8.97. The minimum Gasteiger partial charge on any atom is -0.493 e. The topological polar surface area (TPSA) is 91.3 Å². The monoisotopic (exact) mass is 412 g/mol. The van der Waals surface area contributed by atoms with Gasteiger partial charge in [0.15, 0.2) is 11.5 Å². The van der Waals surface area contributed by atoms with Gasteiger partial charge in [0.05, 0.1) is 39.6 Å². The van der Waals surface area contributed by atoms with Gasteiger partial charge in [-0.3, -0.25) is 0 Å². The highest BCUT2D eigenvalue weighted by molar-refractivity contribution is 6.14. The van der Waals surface area contributed by atoms with E-state index in [1.165, 1.54) is 34.5 Å². The van der Waals surface area contributed by atoms with Gasteiger partial charge in [-0.2, -0.15) is 0 Å². The second-order valence-corrected chi connectivity index (χ2v) is 6.18. The zero-order valence-electron chi connectivity index (χ0n) is 17.5. The van der Waals surface area contributed by atoms with Crippen molar-refractivity contribution in [2.75, 3.05) is 28.4 Å². The molecule has 2 aromatic rings. The number of allylic oxidation sites excluding steroid dienone is 1. The lowest BCUT2D eigenvalue weighted by Crippen LogP contribution is -2.15. The molecule has 0 unspecified atom stereocenters. The number of esters is 1. The third-order valence-electron chi connectivity index (χ3n) is 4.47. The van der Waals surface area contributed by atoms with Gasteiger partial charge < -0.3 is 24.1 Å². The number of methoxy groups -OCH3 is 4. The Hall–Kier alpha value is -3.74. The van der Waals surface area contributed by atoms with Gasteiger partial charge in [0.1, 0.15) is 0 Å². The molecule has 2 aromatic carbocycles. The molecule has 7 heteroatoms. The molecule has 0 aliphatic carbocycles. The van der Waals surface area contributed by atoms with Crippen LogP contribution in [0.3, 0.4) is 0 Å². The highest BCUT2D eigenvalue weighted by atomic mass is 16.5. The van der Waals surface area contributed by atoms with E-state index in [4.69, 9.17) is 18.9 Å². The van der Waals surface area contributed by atoms with Gasteiger partial charge in [-0.1, -0.05) is 30.3 Å². The summed E-state index contributed by atoms with van der Waals surface area (Å²) in [5.41, 5.74) is 1.26. The highest BCUT2D eigenvalue weighted by Gasteiger charge is 2.26. The smallest absolute Gasteiger partial charge is 0.339 e. The number of carbonyl (C=O) groups is 2. The number of carbonyl (C=O) groups excluding carboxylic acids is 1. The van der Waals surface area contributed by atoms with Crippen LogP contribution in [0.2, 0.25) is 0 Å². The SMILES string of the molecule is COC(=O)C(C(=Cc1ccccc1)C(=O)O)=C(C)c1cc(OC)c(OC)c(OC)c1. The van der Waals surface area contributed by atoms with Crippen molar-refractivity contribution in [3.63, 3.8) is 0 Å². The molecule has 0 heterocycles. The molecule has 0 spiro atoms. The maximum Gasteiger partial charge on any atom is 0.339 e. The predicted molar refractivity (Wildman–Crippen MR) is 113 cm³/mol. The average Bonchev–Trinajstić information content (AvgIpc) is 2.77. The van der Waals surface area contributed by atoms with E-state index < -0.39 is 11.9 Å². The molecule has 2 rings (SSSR count). The summed E-state index contributed by atoms with van der Waals surface area (Å²) < 4.78 is 20.9. The molecule has 0 radical (unpaired) electrons. The van der Waals surface area contributed by atoms with Crippen molar-refractivity contribution in [2.45, 2.75) is 6.92 Å². The van der Waals surface area contributed by atoms with Crippen molar-refractivity contribution < 1.29 is 33.6 Å². The largest absolute Gasteiger partial charge is 0.493 e. The normalized spacial score (nSPS) is 12.0. The number of benzene rings is 2. The Morgan fingerprint density at radius 3 is 1.90 bits per heavy atom. The van der Waals surface area contributed by atoms with Gasteiger partial charge in [-0.25, -0.2) is 9.59 Å². The van der Waals surface area contributed by atoms with Crippen LogP contribution in [0.4, 0.5) is 0 Å². The van der Waals surface area contributed by atoms with Gasteiger partial charge in [0, 0.05) is 0 Å². The second-order valence-electron chi connectivity index (χ2n) is 6.18. The van der Waals surface area contributed by atoms with E-state index in [9.17, 15) is 14.7 Å². The van der Waals surface area contributed by atoms with Crippen molar-refractivity contribution in [1.29, 1.82) is 0 Å². The Morgan fingerprint density at radius 1 is 0.900 bits per heavy atom. The minimum atomic E-state index is -1.26. The molecule has 0 aliphatic rings. The molecule has 0 aromatic heterocycles. The number of carboxylic acids is 1. The molecule has 0 aliphatic heterocycles. The summed E-state index contributed by atoms with van der Waals surface area (Å²) in [5, 5.41) is 9.85. The van der Waals surface area contributed by atoms with Gasteiger partial charge in [0.2, 0.25) is 5.75 Å². The first-order valence-corrected chi connectivity index (χ1v) is 8.97. The maximum atomic E-state index is 12.6. The number of hydrogen-bond donors (Lipinski definition) is 1. The van der Waals surface area contributed by atoms with Gasteiger partial charge in [0.25, 0.3) is 0 Å². The molecule has 158 valence electrons. The zero-order chi connectivity index (χ0) is 22.3. The molecule has 0 saturated carbocycles. The third kappa shape index (κ3) is 4.81. The summed E-state index contributed by atoms with van der Waals surface area (Å²) in [5.74, 6) is -0.898. The molecule has 0 atom stereocenters. The Balaban J connectivity index is 2.80. The van der Waals surface area contributed by atoms with Crippen molar-refractivity contribution in [3.8, 4) is 17.2 Å². The van der Waals surface area contributed by atoms with Crippen molar-refractivity contribution in [1.82, 2.24) is 0 Å². The lowest BCUT2D eigenvalue weighted by atomic mass is 9.93. The molecular formula is C23H24O7. The highest BCUT2D eigenvalue weighted by Crippen LogP contribution is 2.41. The molecule has 0 amide bonds. The summed E-state index contributed by atoms with van der Waals surface area (Å²) >= 11 is 0. The number of rotatable bonds is 8. The second kappa shape index (κ2) is 10.2. The number of aliphatic carboxylic acids is 1. The fraction of sp³-hybridized carbons (Fsp3) is 0.217. The van der Waals surface area contributed by atoms with E-state index in [-0.39, 0.29) is 11.1 Å². The Morgan fingerprint density at radius 2 is 1.47 bits per heavy atom. The van der Waals surface area contributed by atoms with Crippen LogP contribution in [0.15, 0.2) is 53.6 Å². The van der Waals surface area contributed by atoms with E-state index in [0.29, 0.717) is 33.9 Å². The third-order valence-corrected chi connectivity index (χ3v) is 4.47. The van der Waals surface area contributed by atoms with Crippen LogP contribution >= 0.6 is 0 Å². The predicted octanol–water partition coefficient (Wildman–Crippen LogP) is 3.83. The fourth-order valence-corrected chi connectivity index (χ4v) is 2.97. The van der Waals surface area contributed by atoms with Crippen molar-refractivity contribution in [2.24, 2.45) is 0 Å².